The molecule has 19 heavy (non-hydrogen) atoms. The number of ether oxygens (including phenoxy) is 1. The van der Waals surface area contributed by atoms with Crippen molar-refractivity contribution in [2.24, 2.45) is 0 Å². The van der Waals surface area contributed by atoms with Crippen LogP contribution in [0.2, 0.25) is 0 Å². The molecule has 0 aromatic carbocycles. The van der Waals surface area contributed by atoms with Gasteiger partial charge in [-0.2, -0.15) is 0 Å². The van der Waals surface area contributed by atoms with E-state index in [0.29, 0.717) is 6.42 Å². The zero-order chi connectivity index (χ0) is 14.2. The fourth-order valence-electron chi connectivity index (χ4n) is 2.13. The van der Waals surface area contributed by atoms with Crippen molar-refractivity contribution < 1.29 is 9.53 Å². The minimum Gasteiger partial charge on any atom is -0.469 e. The van der Waals surface area contributed by atoms with E-state index < -0.39 is 0 Å². The summed E-state index contributed by atoms with van der Waals surface area (Å²) in [5, 5.41) is 0. The number of hydrogen-bond acceptors (Lipinski definition) is 2. The average Bonchev–Trinajstić information content (AvgIpc) is 2.43. The number of carbonyl (C=O) groups excluding carboxylic acids is 1. The maximum atomic E-state index is 10.8. The van der Waals surface area contributed by atoms with Gasteiger partial charge in [0.25, 0.3) is 0 Å². The Hall–Kier alpha value is -0.790. The molecule has 0 saturated heterocycles. The van der Waals surface area contributed by atoms with Gasteiger partial charge in [0.05, 0.1) is 13.5 Å². The van der Waals surface area contributed by atoms with Crippen molar-refractivity contribution in [3.05, 3.63) is 12.2 Å². The van der Waals surface area contributed by atoms with Gasteiger partial charge in [-0.25, -0.2) is 0 Å². The van der Waals surface area contributed by atoms with Crippen molar-refractivity contribution >= 4 is 5.97 Å². The monoisotopic (exact) mass is 268 g/mol. The van der Waals surface area contributed by atoms with Crippen LogP contribution in [0.5, 0.6) is 0 Å². The van der Waals surface area contributed by atoms with Gasteiger partial charge in [-0.05, 0) is 12.8 Å². The second kappa shape index (κ2) is 15.3. The summed E-state index contributed by atoms with van der Waals surface area (Å²) in [6, 6.07) is 0. The predicted molar refractivity (Wildman–Crippen MR) is 82.2 cm³/mol. The molecule has 0 aliphatic rings. The van der Waals surface area contributed by atoms with E-state index in [0.717, 1.165) is 6.42 Å². The number of hydrogen-bond donors (Lipinski definition) is 0. The molecule has 2 heteroatoms. The highest BCUT2D eigenvalue weighted by Crippen LogP contribution is 2.11. The lowest BCUT2D eigenvalue weighted by Crippen LogP contribution is -1.96. The molecule has 0 aromatic heterocycles. The van der Waals surface area contributed by atoms with Crippen molar-refractivity contribution in [1.29, 1.82) is 0 Å². The smallest absolute Gasteiger partial charge is 0.309 e. The molecule has 0 unspecified atom stereocenters. The van der Waals surface area contributed by atoms with E-state index >= 15 is 0 Å². The summed E-state index contributed by atoms with van der Waals surface area (Å²) < 4.78 is 4.57. The summed E-state index contributed by atoms with van der Waals surface area (Å²) in [5.41, 5.74) is 0. The third kappa shape index (κ3) is 15.2. The number of unbranched alkanes of at least 4 members (excludes halogenated alkanes) is 10. The zero-order valence-electron chi connectivity index (χ0n) is 13.0. The molecule has 0 saturated carbocycles. The highest BCUT2D eigenvalue weighted by molar-refractivity contribution is 5.70. The van der Waals surface area contributed by atoms with Crippen LogP contribution in [0.25, 0.3) is 0 Å². The van der Waals surface area contributed by atoms with Gasteiger partial charge in [0.15, 0.2) is 0 Å². The van der Waals surface area contributed by atoms with Crippen LogP contribution in [0.1, 0.15) is 84.0 Å². The molecule has 0 bridgehead atoms. The lowest BCUT2D eigenvalue weighted by Gasteiger charge is -2.01. The Morgan fingerprint density at radius 3 is 1.89 bits per heavy atom. The Kier molecular flexibility index (Phi) is 14.6. The minimum atomic E-state index is -0.153. The number of allylic oxidation sites excluding steroid dienone is 1. The summed E-state index contributed by atoms with van der Waals surface area (Å²) in [7, 11) is 1.43. The Morgan fingerprint density at radius 2 is 1.37 bits per heavy atom. The molecule has 0 aliphatic carbocycles. The molecule has 0 aliphatic heterocycles. The summed E-state index contributed by atoms with van der Waals surface area (Å²) in [6.45, 7) is 2.26. The fourth-order valence-corrected chi connectivity index (χ4v) is 2.13. The van der Waals surface area contributed by atoms with Crippen LogP contribution in [0.15, 0.2) is 12.2 Å². The van der Waals surface area contributed by atoms with E-state index in [1.807, 2.05) is 6.08 Å². The topological polar surface area (TPSA) is 26.3 Å². The Labute approximate surface area is 119 Å². The van der Waals surface area contributed by atoms with Gasteiger partial charge in [-0.1, -0.05) is 76.9 Å². The third-order valence-corrected chi connectivity index (χ3v) is 3.40. The average molecular weight is 268 g/mol. The van der Waals surface area contributed by atoms with Crippen molar-refractivity contribution in [1.82, 2.24) is 0 Å². The molecule has 112 valence electrons. The lowest BCUT2D eigenvalue weighted by atomic mass is 10.1. The molecular formula is C17H32O2. The second-order valence-electron chi connectivity index (χ2n) is 5.22. The van der Waals surface area contributed by atoms with Crippen LogP contribution in [0, 0.1) is 0 Å². The zero-order valence-corrected chi connectivity index (χ0v) is 13.0. The SMILES string of the molecule is CCCCCCCCCCCC/C=C/CC(=O)OC. The standard InChI is InChI=1S/C17H32O2/c1-3-4-5-6-7-8-9-10-11-12-13-14-15-16-17(18)19-2/h14-15H,3-13,16H2,1-2H3/b15-14+. The van der Waals surface area contributed by atoms with Crippen molar-refractivity contribution in [3.8, 4) is 0 Å². The molecule has 0 fully saturated rings. The number of rotatable bonds is 13. The van der Waals surface area contributed by atoms with Crippen LogP contribution in [0.4, 0.5) is 0 Å². The summed E-state index contributed by atoms with van der Waals surface area (Å²) >= 11 is 0. The largest absolute Gasteiger partial charge is 0.469 e. The van der Waals surface area contributed by atoms with E-state index in [2.05, 4.69) is 17.7 Å². The Balaban J connectivity index is 3.08. The van der Waals surface area contributed by atoms with Gasteiger partial charge in [0.2, 0.25) is 0 Å². The molecule has 0 radical (unpaired) electrons. The lowest BCUT2D eigenvalue weighted by molar-refractivity contribution is -0.139. The first-order valence-electron chi connectivity index (χ1n) is 8.03. The van der Waals surface area contributed by atoms with Crippen molar-refractivity contribution in [3.63, 3.8) is 0 Å². The van der Waals surface area contributed by atoms with Gasteiger partial charge in [0.1, 0.15) is 0 Å². The Morgan fingerprint density at radius 1 is 0.842 bits per heavy atom. The van der Waals surface area contributed by atoms with Crippen molar-refractivity contribution in [2.45, 2.75) is 84.0 Å². The van der Waals surface area contributed by atoms with E-state index in [-0.39, 0.29) is 5.97 Å². The highest BCUT2D eigenvalue weighted by atomic mass is 16.5. The molecule has 2 nitrogen and oxygen atoms in total. The molecule has 0 aromatic rings. The van der Waals surface area contributed by atoms with Crippen LogP contribution in [0.3, 0.4) is 0 Å². The maximum absolute atomic E-state index is 10.8. The summed E-state index contributed by atoms with van der Waals surface area (Å²) in [5.74, 6) is -0.153. The number of carbonyl (C=O) groups is 1. The predicted octanol–water partition coefficient (Wildman–Crippen LogP) is 5.42. The van der Waals surface area contributed by atoms with E-state index in [9.17, 15) is 4.79 Å². The van der Waals surface area contributed by atoms with Gasteiger partial charge in [-0.15, -0.1) is 0 Å². The van der Waals surface area contributed by atoms with E-state index in [4.69, 9.17) is 0 Å². The Bertz CT molecular complexity index is 221. The first-order valence-corrected chi connectivity index (χ1v) is 8.03. The van der Waals surface area contributed by atoms with Crippen molar-refractivity contribution in [2.75, 3.05) is 7.11 Å². The molecule has 0 N–H and O–H groups in total. The first kappa shape index (κ1) is 18.2. The van der Waals surface area contributed by atoms with Crippen LogP contribution in [-0.2, 0) is 9.53 Å². The minimum absolute atomic E-state index is 0.153. The van der Waals surface area contributed by atoms with Crippen LogP contribution < -0.4 is 0 Å². The second-order valence-corrected chi connectivity index (χ2v) is 5.22. The molecule has 0 rings (SSSR count). The quantitative estimate of drug-likeness (QED) is 0.253. The van der Waals surface area contributed by atoms with Gasteiger partial charge >= 0.3 is 5.97 Å². The maximum Gasteiger partial charge on any atom is 0.309 e. The third-order valence-electron chi connectivity index (χ3n) is 3.40. The molecule has 0 spiro atoms. The van der Waals surface area contributed by atoms with Gasteiger partial charge in [-0.3, -0.25) is 4.79 Å². The fraction of sp³-hybridized carbons (Fsp3) is 0.824. The normalized spacial score (nSPS) is 11.1. The van der Waals surface area contributed by atoms with Crippen LogP contribution >= 0.6 is 0 Å². The summed E-state index contributed by atoms with van der Waals surface area (Å²) in [6.07, 6.45) is 19.2. The van der Waals surface area contributed by atoms with E-state index in [1.165, 1.54) is 71.3 Å². The van der Waals surface area contributed by atoms with Crippen LogP contribution in [-0.4, -0.2) is 13.1 Å². The first-order chi connectivity index (χ1) is 9.31. The summed E-state index contributed by atoms with van der Waals surface area (Å²) in [4.78, 5) is 10.8. The highest BCUT2D eigenvalue weighted by Gasteiger charge is 1.94. The molecular weight excluding hydrogens is 236 g/mol. The van der Waals surface area contributed by atoms with E-state index in [1.54, 1.807) is 0 Å². The number of esters is 1. The molecule has 0 heterocycles. The molecule has 0 atom stereocenters. The molecule has 0 amide bonds. The van der Waals surface area contributed by atoms with Gasteiger partial charge in [0, 0.05) is 0 Å². The van der Waals surface area contributed by atoms with Gasteiger partial charge < -0.3 is 4.74 Å². The number of methoxy groups -OCH3 is 1.